The Morgan fingerprint density at radius 1 is 1.22 bits per heavy atom. The van der Waals surface area contributed by atoms with Crippen molar-refractivity contribution in [3.05, 3.63) is 0 Å². The van der Waals surface area contributed by atoms with Crippen molar-refractivity contribution in [1.82, 2.24) is 9.03 Å². The van der Waals surface area contributed by atoms with Gasteiger partial charge in [0.1, 0.15) is 0 Å². The molecule has 110 valence electrons. The molecule has 0 amide bonds. The summed E-state index contributed by atoms with van der Waals surface area (Å²) in [6.45, 7) is 7.63. The lowest BCUT2D eigenvalue weighted by Crippen LogP contribution is -2.42. The zero-order chi connectivity index (χ0) is 14.0. The van der Waals surface area contributed by atoms with Gasteiger partial charge in [-0.05, 0) is 31.6 Å². The fraction of sp³-hybridized carbons (Fsp3) is 1.00. The first kappa shape index (κ1) is 17.8. The third-order valence-corrected chi connectivity index (χ3v) is 4.37. The Balaban J connectivity index is 4.10. The first-order valence-electron chi connectivity index (χ1n) is 6.83. The summed E-state index contributed by atoms with van der Waals surface area (Å²) in [5.41, 5.74) is 0. The van der Waals surface area contributed by atoms with Gasteiger partial charge in [-0.1, -0.05) is 20.8 Å². The van der Waals surface area contributed by atoms with Crippen LogP contribution < -0.4 is 4.72 Å². The minimum absolute atomic E-state index is 0.157. The predicted molar refractivity (Wildman–Crippen MR) is 74.6 cm³/mol. The Labute approximate surface area is 112 Å². The van der Waals surface area contributed by atoms with Crippen molar-refractivity contribution >= 4 is 10.2 Å². The largest absolute Gasteiger partial charge is 0.396 e. The fourth-order valence-corrected chi connectivity index (χ4v) is 3.12. The van der Waals surface area contributed by atoms with E-state index in [0.717, 1.165) is 25.7 Å². The number of aliphatic hydroxyl groups excluding tert-OH is 1. The van der Waals surface area contributed by atoms with Crippen LogP contribution in [0.3, 0.4) is 0 Å². The van der Waals surface area contributed by atoms with E-state index in [-0.39, 0.29) is 12.5 Å². The molecule has 0 aliphatic heterocycles. The Morgan fingerprint density at radius 3 is 2.22 bits per heavy atom. The lowest BCUT2D eigenvalue weighted by molar-refractivity contribution is 0.228. The number of rotatable bonds is 11. The highest BCUT2D eigenvalue weighted by Crippen LogP contribution is 2.05. The van der Waals surface area contributed by atoms with Gasteiger partial charge in [-0.2, -0.15) is 12.7 Å². The van der Waals surface area contributed by atoms with Crippen LogP contribution in [0, 0.1) is 5.92 Å². The first-order valence-corrected chi connectivity index (χ1v) is 8.27. The van der Waals surface area contributed by atoms with Gasteiger partial charge in [-0.3, -0.25) is 0 Å². The molecular weight excluding hydrogens is 252 g/mol. The zero-order valence-corrected chi connectivity index (χ0v) is 12.7. The highest BCUT2D eigenvalue weighted by Gasteiger charge is 2.19. The number of hydrogen-bond acceptors (Lipinski definition) is 3. The van der Waals surface area contributed by atoms with Gasteiger partial charge < -0.3 is 5.11 Å². The molecule has 6 heteroatoms. The van der Waals surface area contributed by atoms with Crippen molar-refractivity contribution in [2.45, 2.75) is 46.5 Å². The molecule has 0 fully saturated rings. The van der Waals surface area contributed by atoms with E-state index < -0.39 is 10.2 Å². The second-order valence-corrected chi connectivity index (χ2v) is 6.48. The Morgan fingerprint density at radius 2 is 1.78 bits per heavy atom. The summed E-state index contributed by atoms with van der Waals surface area (Å²) in [5.74, 6) is 0.233. The third-order valence-electron chi connectivity index (χ3n) is 2.76. The van der Waals surface area contributed by atoms with Crippen LogP contribution in [0.15, 0.2) is 0 Å². The minimum atomic E-state index is -3.33. The topological polar surface area (TPSA) is 69.6 Å². The van der Waals surface area contributed by atoms with Crippen LogP contribution in [-0.4, -0.2) is 44.1 Å². The van der Waals surface area contributed by atoms with E-state index in [4.69, 9.17) is 5.11 Å². The summed E-state index contributed by atoms with van der Waals surface area (Å²) >= 11 is 0. The van der Waals surface area contributed by atoms with E-state index in [0.29, 0.717) is 19.6 Å². The van der Waals surface area contributed by atoms with E-state index in [2.05, 4.69) is 4.72 Å². The smallest absolute Gasteiger partial charge is 0.279 e. The zero-order valence-electron chi connectivity index (χ0n) is 11.9. The van der Waals surface area contributed by atoms with Gasteiger partial charge in [0, 0.05) is 26.2 Å². The van der Waals surface area contributed by atoms with Crippen molar-refractivity contribution in [3.63, 3.8) is 0 Å². The lowest BCUT2D eigenvalue weighted by Gasteiger charge is -2.21. The maximum atomic E-state index is 12.0. The molecule has 0 aromatic heterocycles. The molecule has 0 radical (unpaired) electrons. The maximum absolute atomic E-state index is 12.0. The van der Waals surface area contributed by atoms with Crippen molar-refractivity contribution in [2.24, 2.45) is 5.92 Å². The molecule has 18 heavy (non-hydrogen) atoms. The van der Waals surface area contributed by atoms with Gasteiger partial charge in [0.15, 0.2) is 0 Å². The maximum Gasteiger partial charge on any atom is 0.279 e. The van der Waals surface area contributed by atoms with E-state index in [9.17, 15) is 8.42 Å². The lowest BCUT2D eigenvalue weighted by atomic mass is 10.1. The molecule has 1 atom stereocenters. The molecule has 0 bridgehead atoms. The second-order valence-electron chi connectivity index (χ2n) is 4.73. The van der Waals surface area contributed by atoms with Crippen LogP contribution in [0.1, 0.15) is 46.5 Å². The number of nitrogens with zero attached hydrogens (tertiary/aromatic N) is 1. The molecule has 0 saturated heterocycles. The normalized spacial score (nSPS) is 14.1. The van der Waals surface area contributed by atoms with E-state index in [1.165, 1.54) is 4.31 Å². The molecular formula is C12H28N2O3S. The van der Waals surface area contributed by atoms with Crippen LogP contribution >= 0.6 is 0 Å². The average molecular weight is 280 g/mol. The van der Waals surface area contributed by atoms with Crippen LogP contribution in [0.25, 0.3) is 0 Å². The minimum Gasteiger partial charge on any atom is -0.396 e. The van der Waals surface area contributed by atoms with Crippen LogP contribution in [0.5, 0.6) is 0 Å². The third kappa shape index (κ3) is 7.31. The summed E-state index contributed by atoms with van der Waals surface area (Å²) in [4.78, 5) is 0. The van der Waals surface area contributed by atoms with Gasteiger partial charge in [-0.25, -0.2) is 4.72 Å². The molecule has 0 aliphatic rings. The standard InChI is InChI=1S/C12H28N2O3S/c1-4-9-14(10-5-2)18(16,17)13-8-6-7-12(3)11-15/h12-13,15H,4-11H2,1-3H3. The molecule has 0 aliphatic carbocycles. The second kappa shape index (κ2) is 9.72. The van der Waals surface area contributed by atoms with Crippen LogP contribution in [0.2, 0.25) is 0 Å². The predicted octanol–water partition coefficient (Wildman–Crippen LogP) is 1.35. The summed E-state index contributed by atoms with van der Waals surface area (Å²) < 4.78 is 28.1. The summed E-state index contributed by atoms with van der Waals surface area (Å²) in [5, 5.41) is 8.88. The quantitative estimate of drug-likeness (QED) is 0.561. The molecule has 0 spiro atoms. The average Bonchev–Trinajstić information content (AvgIpc) is 2.34. The van der Waals surface area contributed by atoms with E-state index in [1.54, 1.807) is 0 Å². The van der Waals surface area contributed by atoms with Crippen LogP contribution in [0.4, 0.5) is 0 Å². The van der Waals surface area contributed by atoms with Crippen molar-refractivity contribution < 1.29 is 13.5 Å². The highest BCUT2D eigenvalue weighted by atomic mass is 32.2. The summed E-state index contributed by atoms with van der Waals surface area (Å²) in [6.07, 6.45) is 3.23. The summed E-state index contributed by atoms with van der Waals surface area (Å²) in [7, 11) is -3.33. The molecule has 1 unspecified atom stereocenters. The Bertz CT molecular complexity index is 288. The first-order chi connectivity index (χ1) is 8.47. The monoisotopic (exact) mass is 280 g/mol. The highest BCUT2D eigenvalue weighted by molar-refractivity contribution is 7.87. The van der Waals surface area contributed by atoms with Gasteiger partial charge in [0.25, 0.3) is 10.2 Å². The molecule has 0 rings (SSSR count). The molecule has 0 aromatic carbocycles. The molecule has 0 aromatic rings. The number of aliphatic hydroxyl groups is 1. The van der Waals surface area contributed by atoms with Gasteiger partial charge in [0.2, 0.25) is 0 Å². The molecule has 5 nitrogen and oxygen atoms in total. The Hall–Kier alpha value is -0.170. The van der Waals surface area contributed by atoms with Gasteiger partial charge in [-0.15, -0.1) is 0 Å². The Kier molecular flexibility index (Phi) is 9.63. The fourth-order valence-electron chi connectivity index (χ4n) is 1.69. The molecule has 0 saturated carbocycles. The van der Waals surface area contributed by atoms with E-state index >= 15 is 0 Å². The number of hydrogen-bond donors (Lipinski definition) is 2. The molecule has 0 heterocycles. The van der Waals surface area contributed by atoms with Crippen molar-refractivity contribution in [1.29, 1.82) is 0 Å². The van der Waals surface area contributed by atoms with Crippen LogP contribution in [-0.2, 0) is 10.2 Å². The number of nitrogens with one attached hydrogen (secondary N) is 1. The van der Waals surface area contributed by atoms with Gasteiger partial charge in [0.05, 0.1) is 0 Å². The van der Waals surface area contributed by atoms with Gasteiger partial charge >= 0.3 is 0 Å². The molecule has 2 N–H and O–H groups in total. The van der Waals surface area contributed by atoms with Crippen molar-refractivity contribution in [3.8, 4) is 0 Å². The SMILES string of the molecule is CCCN(CCC)S(=O)(=O)NCCCC(C)CO. The summed E-state index contributed by atoms with van der Waals surface area (Å²) in [6, 6.07) is 0. The van der Waals surface area contributed by atoms with Crippen molar-refractivity contribution in [2.75, 3.05) is 26.2 Å². The van der Waals surface area contributed by atoms with E-state index in [1.807, 2.05) is 20.8 Å².